The second kappa shape index (κ2) is 11.2. The summed E-state index contributed by atoms with van der Waals surface area (Å²) in [6.07, 6.45) is 4.60. The fraction of sp³-hybridized carbons (Fsp3) is 0.360. The van der Waals surface area contributed by atoms with Crippen LogP contribution in [-0.2, 0) is 14.3 Å². The van der Waals surface area contributed by atoms with E-state index in [1.807, 2.05) is 48.5 Å². The lowest BCUT2D eigenvalue weighted by molar-refractivity contribution is -0.150. The number of ether oxygens (including phenoxy) is 3. The molecule has 0 fully saturated rings. The molecule has 3 rings (SSSR count). The molecule has 0 aromatic heterocycles. The molecule has 1 aliphatic rings. The zero-order chi connectivity index (χ0) is 22.1. The standard InChI is InChI=1S/C25H29NO5/c1-3-8-21(20-9-5-4-6-10-20)26-25(28)18(2)31-24(27)14-12-19-11-13-22-23(17-19)30-16-7-15-29-22/h4-6,9-14,17-18,21H,3,7-8,15-16H2,1-2H3,(H,26,28)/b14-12+/t18-,21+/m0/s1. The van der Waals surface area contributed by atoms with E-state index in [-0.39, 0.29) is 11.9 Å². The van der Waals surface area contributed by atoms with Gasteiger partial charge in [-0.1, -0.05) is 49.7 Å². The predicted molar refractivity (Wildman–Crippen MR) is 119 cm³/mol. The monoisotopic (exact) mass is 423 g/mol. The number of carbonyl (C=O) groups excluding carboxylic acids is 2. The van der Waals surface area contributed by atoms with Gasteiger partial charge in [-0.15, -0.1) is 0 Å². The fourth-order valence-corrected chi connectivity index (χ4v) is 3.30. The van der Waals surface area contributed by atoms with Gasteiger partial charge >= 0.3 is 5.97 Å². The smallest absolute Gasteiger partial charge is 0.331 e. The van der Waals surface area contributed by atoms with Crippen molar-refractivity contribution in [1.29, 1.82) is 0 Å². The molecule has 0 spiro atoms. The third-order valence-corrected chi connectivity index (χ3v) is 4.94. The third-order valence-electron chi connectivity index (χ3n) is 4.94. The maximum Gasteiger partial charge on any atom is 0.331 e. The average Bonchev–Trinajstić information content (AvgIpc) is 3.03. The number of amides is 1. The Morgan fingerprint density at radius 1 is 1.10 bits per heavy atom. The Labute approximate surface area is 183 Å². The largest absolute Gasteiger partial charge is 0.490 e. The molecule has 0 saturated carbocycles. The van der Waals surface area contributed by atoms with Crippen molar-refractivity contribution in [2.75, 3.05) is 13.2 Å². The summed E-state index contributed by atoms with van der Waals surface area (Å²) in [5.41, 5.74) is 1.82. The van der Waals surface area contributed by atoms with Crippen LogP contribution in [0.15, 0.2) is 54.6 Å². The van der Waals surface area contributed by atoms with Crippen LogP contribution in [0.25, 0.3) is 6.08 Å². The highest BCUT2D eigenvalue weighted by atomic mass is 16.5. The van der Waals surface area contributed by atoms with Gasteiger partial charge in [-0.3, -0.25) is 4.79 Å². The van der Waals surface area contributed by atoms with Crippen LogP contribution in [0, 0.1) is 0 Å². The van der Waals surface area contributed by atoms with Gasteiger partial charge in [0.2, 0.25) is 0 Å². The van der Waals surface area contributed by atoms with Crippen molar-refractivity contribution in [3.05, 3.63) is 65.7 Å². The summed E-state index contributed by atoms with van der Waals surface area (Å²) >= 11 is 0. The van der Waals surface area contributed by atoms with Crippen LogP contribution in [0.2, 0.25) is 0 Å². The van der Waals surface area contributed by atoms with Gasteiger partial charge in [-0.25, -0.2) is 4.79 Å². The minimum absolute atomic E-state index is 0.114. The lowest BCUT2D eigenvalue weighted by Gasteiger charge is -2.21. The zero-order valence-electron chi connectivity index (χ0n) is 18.0. The number of fused-ring (bicyclic) bond motifs is 1. The summed E-state index contributed by atoms with van der Waals surface area (Å²) in [5.74, 6) is 0.451. The average molecular weight is 424 g/mol. The van der Waals surface area contributed by atoms with Gasteiger partial charge < -0.3 is 19.5 Å². The van der Waals surface area contributed by atoms with Crippen molar-refractivity contribution in [3.63, 3.8) is 0 Å². The van der Waals surface area contributed by atoms with E-state index in [9.17, 15) is 9.59 Å². The van der Waals surface area contributed by atoms with Crippen molar-refractivity contribution < 1.29 is 23.8 Å². The number of nitrogens with one attached hydrogen (secondary N) is 1. The molecule has 164 valence electrons. The van der Waals surface area contributed by atoms with Gasteiger partial charge in [0.25, 0.3) is 5.91 Å². The van der Waals surface area contributed by atoms with Crippen molar-refractivity contribution in [1.82, 2.24) is 5.32 Å². The lowest BCUT2D eigenvalue weighted by Crippen LogP contribution is -2.38. The van der Waals surface area contributed by atoms with Gasteiger partial charge in [0.1, 0.15) is 0 Å². The first-order valence-corrected chi connectivity index (χ1v) is 10.7. The number of carbonyl (C=O) groups is 2. The first kappa shape index (κ1) is 22.4. The van der Waals surface area contributed by atoms with E-state index in [1.54, 1.807) is 13.0 Å². The summed E-state index contributed by atoms with van der Waals surface area (Å²) in [4.78, 5) is 24.8. The molecule has 0 saturated heterocycles. The van der Waals surface area contributed by atoms with Crippen LogP contribution in [0.3, 0.4) is 0 Å². The van der Waals surface area contributed by atoms with E-state index in [4.69, 9.17) is 14.2 Å². The lowest BCUT2D eigenvalue weighted by atomic mass is 10.0. The van der Waals surface area contributed by atoms with Crippen molar-refractivity contribution in [3.8, 4) is 11.5 Å². The Morgan fingerprint density at radius 2 is 1.84 bits per heavy atom. The molecule has 6 nitrogen and oxygen atoms in total. The molecule has 0 bridgehead atoms. The summed E-state index contributed by atoms with van der Waals surface area (Å²) in [6, 6.07) is 15.1. The molecule has 1 N–H and O–H groups in total. The van der Waals surface area contributed by atoms with Crippen LogP contribution in [0.1, 0.15) is 50.3 Å². The van der Waals surface area contributed by atoms with E-state index in [2.05, 4.69) is 12.2 Å². The van der Waals surface area contributed by atoms with E-state index in [0.717, 1.165) is 30.4 Å². The molecule has 2 atom stereocenters. The molecule has 0 aliphatic carbocycles. The Morgan fingerprint density at radius 3 is 2.58 bits per heavy atom. The second-order valence-electron chi connectivity index (χ2n) is 7.43. The van der Waals surface area contributed by atoms with Crippen molar-refractivity contribution >= 4 is 18.0 Å². The van der Waals surface area contributed by atoms with Gasteiger partial charge in [-0.05, 0) is 42.7 Å². The number of esters is 1. The topological polar surface area (TPSA) is 73.9 Å². The van der Waals surface area contributed by atoms with E-state index in [1.165, 1.54) is 6.08 Å². The molecule has 1 amide bonds. The molecule has 6 heteroatoms. The normalized spacial score (nSPS) is 15.0. The Balaban J connectivity index is 1.55. The highest BCUT2D eigenvalue weighted by molar-refractivity contribution is 5.90. The molecule has 0 radical (unpaired) electrons. The van der Waals surface area contributed by atoms with Gasteiger partial charge in [0.15, 0.2) is 17.6 Å². The predicted octanol–water partition coefficient (Wildman–Crippen LogP) is 4.45. The molecular weight excluding hydrogens is 394 g/mol. The quantitative estimate of drug-likeness (QED) is 0.502. The van der Waals surface area contributed by atoms with Gasteiger partial charge in [0, 0.05) is 12.5 Å². The summed E-state index contributed by atoms with van der Waals surface area (Å²) in [7, 11) is 0. The minimum Gasteiger partial charge on any atom is -0.490 e. The van der Waals surface area contributed by atoms with Gasteiger partial charge in [0.05, 0.1) is 19.3 Å². The van der Waals surface area contributed by atoms with E-state index in [0.29, 0.717) is 24.7 Å². The summed E-state index contributed by atoms with van der Waals surface area (Å²) in [6.45, 7) is 4.85. The minimum atomic E-state index is -0.899. The van der Waals surface area contributed by atoms with E-state index >= 15 is 0 Å². The number of benzene rings is 2. The van der Waals surface area contributed by atoms with Crippen molar-refractivity contribution in [2.45, 2.75) is 45.3 Å². The SMILES string of the molecule is CCC[C@@H](NC(=O)[C@H](C)OC(=O)/C=C/c1ccc2c(c1)OCCCO2)c1ccccc1. The van der Waals surface area contributed by atoms with Crippen LogP contribution in [0.5, 0.6) is 11.5 Å². The first-order valence-electron chi connectivity index (χ1n) is 10.7. The molecule has 1 aliphatic heterocycles. The summed E-state index contributed by atoms with van der Waals surface area (Å²) in [5, 5.41) is 2.98. The highest BCUT2D eigenvalue weighted by Crippen LogP contribution is 2.30. The first-order chi connectivity index (χ1) is 15.1. The molecule has 2 aromatic rings. The zero-order valence-corrected chi connectivity index (χ0v) is 18.0. The third kappa shape index (κ3) is 6.60. The molecule has 31 heavy (non-hydrogen) atoms. The highest BCUT2D eigenvalue weighted by Gasteiger charge is 2.21. The van der Waals surface area contributed by atoms with Gasteiger partial charge in [-0.2, -0.15) is 0 Å². The molecule has 2 aromatic carbocycles. The number of hydrogen-bond acceptors (Lipinski definition) is 5. The van der Waals surface area contributed by atoms with Crippen LogP contribution in [0.4, 0.5) is 0 Å². The number of rotatable bonds is 8. The van der Waals surface area contributed by atoms with Crippen molar-refractivity contribution in [2.24, 2.45) is 0 Å². The molecular formula is C25H29NO5. The fourth-order valence-electron chi connectivity index (χ4n) is 3.30. The van der Waals surface area contributed by atoms with Crippen LogP contribution < -0.4 is 14.8 Å². The maximum absolute atomic E-state index is 12.6. The van der Waals surface area contributed by atoms with Crippen LogP contribution in [-0.4, -0.2) is 31.2 Å². The Kier molecular flexibility index (Phi) is 8.10. The number of hydrogen-bond donors (Lipinski definition) is 1. The maximum atomic E-state index is 12.6. The second-order valence-corrected chi connectivity index (χ2v) is 7.43. The van der Waals surface area contributed by atoms with E-state index < -0.39 is 12.1 Å². The molecule has 0 unspecified atom stereocenters. The summed E-state index contributed by atoms with van der Waals surface area (Å²) < 4.78 is 16.5. The Bertz CT molecular complexity index is 909. The molecule has 1 heterocycles. The Hall–Kier alpha value is -3.28. The van der Waals surface area contributed by atoms with Crippen LogP contribution >= 0.6 is 0 Å².